The fourth-order valence-electron chi connectivity index (χ4n) is 2.72. The third-order valence-corrected chi connectivity index (χ3v) is 4.19. The molecule has 1 unspecified atom stereocenters. The van der Waals surface area contributed by atoms with Crippen LogP contribution in [0.4, 0.5) is 0 Å². The maximum Gasteiger partial charge on any atom is 0.338 e. The van der Waals surface area contributed by atoms with Gasteiger partial charge in [-0.05, 0) is 44.0 Å². The summed E-state index contributed by atoms with van der Waals surface area (Å²) in [7, 11) is 0. The van der Waals surface area contributed by atoms with Crippen LogP contribution in [0.2, 0.25) is 0 Å². The van der Waals surface area contributed by atoms with Crippen molar-refractivity contribution in [3.05, 3.63) is 35.4 Å². The van der Waals surface area contributed by atoms with Crippen LogP contribution in [0.5, 0.6) is 0 Å². The monoisotopic (exact) mass is 325 g/mol. The normalized spacial score (nSPS) is 17.0. The Kier molecular flexibility index (Phi) is 5.55. The van der Waals surface area contributed by atoms with Gasteiger partial charge >= 0.3 is 5.97 Å². The van der Waals surface area contributed by atoms with Crippen molar-refractivity contribution < 1.29 is 14.3 Å². The molecule has 1 fully saturated rings. The number of carbonyl (C=O) groups excluding carboxylic acids is 2. The van der Waals surface area contributed by atoms with Crippen molar-refractivity contribution in [2.24, 2.45) is 0 Å². The van der Waals surface area contributed by atoms with Crippen molar-refractivity contribution in [1.29, 1.82) is 10.5 Å². The number of hydrogen-bond acceptors (Lipinski definition) is 5. The van der Waals surface area contributed by atoms with Crippen molar-refractivity contribution >= 4 is 11.9 Å². The molecule has 24 heavy (non-hydrogen) atoms. The zero-order valence-corrected chi connectivity index (χ0v) is 13.5. The number of carbonyl (C=O) groups is 2. The van der Waals surface area contributed by atoms with E-state index < -0.39 is 23.5 Å². The Bertz CT molecular complexity index is 692. The molecule has 0 aliphatic heterocycles. The number of amides is 1. The summed E-state index contributed by atoms with van der Waals surface area (Å²) in [6.45, 7) is 1.48. The van der Waals surface area contributed by atoms with Crippen LogP contribution in [-0.2, 0) is 9.53 Å². The predicted octanol–water partition coefficient (Wildman–Crippen LogP) is 2.45. The van der Waals surface area contributed by atoms with Gasteiger partial charge in [0.1, 0.15) is 5.54 Å². The molecular weight excluding hydrogens is 306 g/mol. The molecule has 1 N–H and O–H groups in total. The number of ether oxygens (including phenoxy) is 1. The average molecular weight is 325 g/mol. The van der Waals surface area contributed by atoms with Gasteiger partial charge < -0.3 is 10.1 Å². The Labute approximate surface area is 141 Å². The summed E-state index contributed by atoms with van der Waals surface area (Å²) in [5, 5.41) is 20.9. The second kappa shape index (κ2) is 7.61. The summed E-state index contributed by atoms with van der Waals surface area (Å²) in [6.07, 6.45) is 3.08. The predicted molar refractivity (Wildman–Crippen MR) is 85.6 cm³/mol. The molecule has 1 aliphatic rings. The lowest BCUT2D eigenvalue weighted by Gasteiger charge is -2.32. The maximum absolute atomic E-state index is 12.3. The summed E-state index contributed by atoms with van der Waals surface area (Å²) < 4.78 is 5.16. The fourth-order valence-corrected chi connectivity index (χ4v) is 2.72. The summed E-state index contributed by atoms with van der Waals surface area (Å²) in [5.41, 5.74) is -0.156. The molecule has 1 atom stereocenters. The Morgan fingerprint density at radius 2 is 1.79 bits per heavy atom. The van der Waals surface area contributed by atoms with Gasteiger partial charge in [0.25, 0.3) is 5.91 Å². The summed E-state index contributed by atoms with van der Waals surface area (Å²) >= 11 is 0. The van der Waals surface area contributed by atoms with E-state index in [1.54, 1.807) is 0 Å². The van der Waals surface area contributed by atoms with Gasteiger partial charge in [-0.1, -0.05) is 19.3 Å². The molecule has 1 saturated carbocycles. The zero-order chi connectivity index (χ0) is 17.6. The maximum atomic E-state index is 12.3. The van der Waals surface area contributed by atoms with E-state index >= 15 is 0 Å². The van der Waals surface area contributed by atoms with E-state index in [1.807, 2.05) is 6.07 Å². The number of nitrogens with one attached hydrogen (secondary N) is 1. The average Bonchev–Trinajstić information content (AvgIpc) is 2.62. The van der Waals surface area contributed by atoms with Gasteiger partial charge in [0.05, 0.1) is 23.3 Å². The first kappa shape index (κ1) is 17.5. The lowest BCUT2D eigenvalue weighted by molar-refractivity contribution is -0.130. The lowest BCUT2D eigenvalue weighted by atomic mass is 9.83. The first-order chi connectivity index (χ1) is 11.5. The van der Waals surface area contributed by atoms with Crippen LogP contribution in [-0.4, -0.2) is 23.5 Å². The molecule has 1 amide bonds. The Morgan fingerprint density at radius 1 is 1.17 bits per heavy atom. The lowest BCUT2D eigenvalue weighted by Crippen LogP contribution is -2.52. The molecule has 0 heterocycles. The highest BCUT2D eigenvalue weighted by Gasteiger charge is 2.35. The minimum Gasteiger partial charge on any atom is -0.449 e. The van der Waals surface area contributed by atoms with E-state index in [9.17, 15) is 14.9 Å². The molecule has 0 spiro atoms. The van der Waals surface area contributed by atoms with Crippen molar-refractivity contribution in [3.63, 3.8) is 0 Å². The SMILES string of the molecule is CC(OC(=O)c1ccc(C#N)cc1)C(=O)NC1(C#N)CCCCC1. The van der Waals surface area contributed by atoms with Gasteiger partial charge in [-0.25, -0.2) is 4.79 Å². The highest BCUT2D eigenvalue weighted by molar-refractivity contribution is 5.92. The second-order valence-corrected chi connectivity index (χ2v) is 5.98. The number of benzene rings is 1. The summed E-state index contributed by atoms with van der Waals surface area (Å²) in [5.74, 6) is -1.11. The van der Waals surface area contributed by atoms with Crippen LogP contribution in [0.15, 0.2) is 24.3 Å². The molecule has 6 heteroatoms. The molecule has 0 radical (unpaired) electrons. The van der Waals surface area contributed by atoms with Crippen molar-refractivity contribution in [2.75, 3.05) is 0 Å². The van der Waals surface area contributed by atoms with Crippen LogP contribution in [0.3, 0.4) is 0 Å². The number of hydrogen-bond donors (Lipinski definition) is 1. The van der Waals surface area contributed by atoms with E-state index in [2.05, 4.69) is 11.4 Å². The third kappa shape index (κ3) is 4.11. The molecule has 0 saturated heterocycles. The standard InChI is InChI=1S/C18H19N3O3/c1-13(16(22)21-18(12-20)9-3-2-4-10-18)24-17(23)15-7-5-14(11-19)6-8-15/h5-8,13H,2-4,9-10H2,1H3,(H,21,22). The largest absolute Gasteiger partial charge is 0.449 e. The first-order valence-electron chi connectivity index (χ1n) is 7.94. The smallest absolute Gasteiger partial charge is 0.338 e. The van der Waals surface area contributed by atoms with E-state index in [-0.39, 0.29) is 5.56 Å². The minimum atomic E-state index is -1.000. The van der Waals surface area contributed by atoms with Crippen LogP contribution in [0.1, 0.15) is 54.9 Å². The molecule has 124 valence electrons. The van der Waals surface area contributed by atoms with Gasteiger partial charge in [-0.15, -0.1) is 0 Å². The third-order valence-electron chi connectivity index (χ3n) is 4.19. The molecule has 6 nitrogen and oxygen atoms in total. The number of esters is 1. The van der Waals surface area contributed by atoms with Crippen molar-refractivity contribution in [1.82, 2.24) is 5.32 Å². The van der Waals surface area contributed by atoms with Crippen molar-refractivity contribution in [2.45, 2.75) is 50.7 Å². The van der Waals surface area contributed by atoms with Gasteiger partial charge in [0.15, 0.2) is 6.10 Å². The van der Waals surface area contributed by atoms with Crippen molar-refractivity contribution in [3.8, 4) is 12.1 Å². The van der Waals surface area contributed by atoms with Gasteiger partial charge in [-0.3, -0.25) is 4.79 Å². The Morgan fingerprint density at radius 3 is 2.33 bits per heavy atom. The van der Waals surface area contributed by atoms with Crippen LogP contribution in [0, 0.1) is 22.7 Å². The summed E-state index contributed by atoms with van der Waals surface area (Å²) in [6, 6.07) is 10.1. The fraction of sp³-hybridized carbons (Fsp3) is 0.444. The Balaban J connectivity index is 1.96. The zero-order valence-electron chi connectivity index (χ0n) is 13.5. The molecule has 1 aromatic rings. The first-order valence-corrected chi connectivity index (χ1v) is 7.94. The molecular formula is C18H19N3O3. The van der Waals surface area contributed by atoms with Crippen LogP contribution >= 0.6 is 0 Å². The van der Waals surface area contributed by atoms with E-state index in [1.165, 1.54) is 31.2 Å². The van der Waals surface area contributed by atoms with E-state index in [0.717, 1.165) is 19.3 Å². The van der Waals surface area contributed by atoms with Gasteiger partial charge in [0.2, 0.25) is 0 Å². The Hall–Kier alpha value is -2.86. The van der Waals surface area contributed by atoms with Gasteiger partial charge in [-0.2, -0.15) is 10.5 Å². The number of rotatable bonds is 4. The number of nitrogens with zero attached hydrogens (tertiary/aromatic N) is 2. The molecule has 0 bridgehead atoms. The number of nitriles is 2. The molecule has 1 aliphatic carbocycles. The van der Waals surface area contributed by atoms with Crippen LogP contribution in [0.25, 0.3) is 0 Å². The quantitative estimate of drug-likeness (QED) is 0.856. The van der Waals surface area contributed by atoms with E-state index in [4.69, 9.17) is 10.00 Å². The summed E-state index contributed by atoms with van der Waals surface area (Å²) in [4.78, 5) is 24.3. The van der Waals surface area contributed by atoms with E-state index in [0.29, 0.717) is 18.4 Å². The highest BCUT2D eigenvalue weighted by Crippen LogP contribution is 2.27. The molecule has 0 aromatic heterocycles. The molecule has 1 aromatic carbocycles. The molecule has 2 rings (SSSR count). The minimum absolute atomic E-state index is 0.265. The van der Waals surface area contributed by atoms with Gasteiger partial charge in [0, 0.05) is 0 Å². The topological polar surface area (TPSA) is 103 Å². The highest BCUT2D eigenvalue weighted by atomic mass is 16.5. The second-order valence-electron chi connectivity index (χ2n) is 5.98. The van der Waals surface area contributed by atoms with Crippen LogP contribution < -0.4 is 5.32 Å².